The van der Waals surface area contributed by atoms with Gasteiger partial charge in [0, 0.05) is 23.5 Å². The molecule has 1 aliphatic carbocycles. The van der Waals surface area contributed by atoms with Gasteiger partial charge in [0.15, 0.2) is 5.65 Å². The van der Waals surface area contributed by atoms with Gasteiger partial charge in [0.2, 0.25) is 0 Å². The number of hydrogen-bond acceptors (Lipinski definition) is 4. The average molecular weight is 375 g/mol. The Kier molecular flexibility index (Phi) is 4.04. The van der Waals surface area contributed by atoms with Crippen molar-refractivity contribution in [3.8, 4) is 11.3 Å². The van der Waals surface area contributed by atoms with Crippen LogP contribution in [0.5, 0.6) is 0 Å². The molecule has 1 saturated carbocycles. The van der Waals surface area contributed by atoms with Crippen LogP contribution in [0.1, 0.15) is 24.5 Å². The van der Waals surface area contributed by atoms with Crippen molar-refractivity contribution in [1.82, 2.24) is 20.0 Å². The van der Waals surface area contributed by atoms with E-state index in [0.717, 1.165) is 29.5 Å². The van der Waals surface area contributed by atoms with Gasteiger partial charge in [-0.2, -0.15) is 5.10 Å². The van der Waals surface area contributed by atoms with Gasteiger partial charge >= 0.3 is 0 Å². The summed E-state index contributed by atoms with van der Waals surface area (Å²) in [6.07, 6.45) is 3.89. The van der Waals surface area contributed by atoms with Gasteiger partial charge in [0.25, 0.3) is 0 Å². The number of fused-ring (bicyclic) bond motifs is 1. The van der Waals surface area contributed by atoms with Gasteiger partial charge < -0.3 is 0 Å². The molecular formula is C18H19ClN4OS. The minimum Gasteiger partial charge on any atom is -0.268 e. The lowest BCUT2D eigenvalue weighted by atomic mass is 10.1. The van der Waals surface area contributed by atoms with Gasteiger partial charge in [-0.15, -0.1) is 10.2 Å². The molecule has 7 heteroatoms. The predicted molar refractivity (Wildman–Crippen MR) is 104 cm³/mol. The van der Waals surface area contributed by atoms with Gasteiger partial charge in [-0.3, -0.25) is 4.21 Å². The number of halogens is 1. The first kappa shape index (κ1) is 16.5. The maximum atomic E-state index is 11.9. The Bertz CT molecular complexity index is 1040. The van der Waals surface area contributed by atoms with E-state index in [4.69, 9.17) is 16.7 Å². The van der Waals surface area contributed by atoms with Crippen LogP contribution in [0.15, 0.2) is 30.3 Å². The Morgan fingerprint density at radius 3 is 2.64 bits per heavy atom. The summed E-state index contributed by atoms with van der Waals surface area (Å²) in [5.41, 5.74) is 3.26. The molecule has 0 amide bonds. The second-order valence-corrected chi connectivity index (χ2v) is 9.85. The summed E-state index contributed by atoms with van der Waals surface area (Å²) in [5, 5.41) is 14.9. The van der Waals surface area contributed by atoms with Crippen molar-refractivity contribution in [2.45, 2.75) is 25.3 Å². The number of nitrogens with zero attached hydrogens (tertiary/aromatic N) is 4. The van der Waals surface area contributed by atoms with Crippen molar-refractivity contribution in [3.05, 3.63) is 41.0 Å². The Morgan fingerprint density at radius 2 is 2.00 bits per heavy atom. The van der Waals surface area contributed by atoms with Gasteiger partial charge in [0.1, 0.15) is 5.69 Å². The van der Waals surface area contributed by atoms with Crippen LogP contribution in [0.25, 0.3) is 22.3 Å². The maximum Gasteiger partial charge on any atom is 0.182 e. The molecule has 2 heterocycles. The highest BCUT2D eigenvalue weighted by Gasteiger charge is 2.31. The summed E-state index contributed by atoms with van der Waals surface area (Å²) in [7, 11) is -2.09. The van der Waals surface area contributed by atoms with Crippen LogP contribution in [0.4, 0.5) is 0 Å². The molecule has 5 nitrogen and oxygen atoms in total. The zero-order valence-corrected chi connectivity index (χ0v) is 15.6. The highest BCUT2D eigenvalue weighted by atomic mass is 35.5. The van der Waals surface area contributed by atoms with E-state index >= 15 is 0 Å². The molecule has 1 atom stereocenters. The molecule has 1 unspecified atom stereocenters. The Morgan fingerprint density at radius 1 is 1.28 bits per heavy atom. The summed E-state index contributed by atoms with van der Waals surface area (Å²) in [4.78, 5) is 0. The van der Waals surface area contributed by atoms with E-state index < -0.39 is 9.52 Å². The third-order valence-corrected chi connectivity index (χ3v) is 5.79. The first-order valence-corrected chi connectivity index (χ1v) is 10.9. The zero-order valence-electron chi connectivity index (χ0n) is 14.0. The van der Waals surface area contributed by atoms with E-state index in [9.17, 15) is 4.21 Å². The standard InChI is InChI=1S/C18H19ClN4OS/c1-25(2,24)11-10-23-18-14(16(22-23)13-8-9-13)15(19)17(20-21-18)12-6-4-3-5-7-12/h3-7,13H,1,8-11H2,2H3. The van der Waals surface area contributed by atoms with Crippen molar-refractivity contribution in [3.63, 3.8) is 0 Å². The van der Waals surface area contributed by atoms with Crippen LogP contribution in [0.2, 0.25) is 5.02 Å². The second kappa shape index (κ2) is 6.11. The first-order valence-electron chi connectivity index (χ1n) is 8.22. The Hall–Kier alpha value is -1.92. The molecule has 3 aromatic rings. The first-order chi connectivity index (χ1) is 11.9. The van der Waals surface area contributed by atoms with E-state index in [1.807, 2.05) is 30.3 Å². The van der Waals surface area contributed by atoms with Crippen LogP contribution in [0, 0.1) is 0 Å². The fourth-order valence-corrected chi connectivity index (χ4v) is 3.79. The summed E-state index contributed by atoms with van der Waals surface area (Å²) in [6.45, 7) is 0.498. The molecule has 25 heavy (non-hydrogen) atoms. The Labute approximate surface area is 152 Å². The molecule has 130 valence electrons. The zero-order chi connectivity index (χ0) is 17.6. The van der Waals surface area contributed by atoms with E-state index in [0.29, 0.717) is 34.6 Å². The van der Waals surface area contributed by atoms with Crippen molar-refractivity contribution >= 4 is 38.0 Å². The van der Waals surface area contributed by atoms with Gasteiger partial charge in [0.05, 0.1) is 22.6 Å². The van der Waals surface area contributed by atoms with Gasteiger partial charge in [-0.25, -0.2) is 4.68 Å². The molecule has 0 radical (unpaired) electrons. The molecule has 1 aromatic carbocycles. The molecule has 2 aromatic heterocycles. The van der Waals surface area contributed by atoms with Gasteiger partial charge in [-0.05, 0) is 28.2 Å². The smallest absolute Gasteiger partial charge is 0.182 e. The fraction of sp³-hybridized carbons (Fsp3) is 0.333. The van der Waals surface area contributed by atoms with Crippen molar-refractivity contribution in [2.75, 3.05) is 12.0 Å². The fourth-order valence-electron chi connectivity index (χ4n) is 2.90. The van der Waals surface area contributed by atoms with E-state index in [1.165, 1.54) is 0 Å². The minimum absolute atomic E-state index is 0.430. The third-order valence-electron chi connectivity index (χ3n) is 4.37. The SMILES string of the molecule is C=S(C)(=O)CCn1nc(C2CC2)c2c(Cl)c(-c3ccccc3)nnc21. The third kappa shape index (κ3) is 3.28. The van der Waals surface area contributed by atoms with Crippen molar-refractivity contribution in [2.24, 2.45) is 0 Å². The summed E-state index contributed by atoms with van der Waals surface area (Å²) in [5.74, 6) is 4.60. The normalized spacial score (nSPS) is 16.9. The highest BCUT2D eigenvalue weighted by Crippen LogP contribution is 2.45. The molecule has 0 N–H and O–H groups in total. The van der Waals surface area contributed by atoms with Gasteiger partial charge in [-0.1, -0.05) is 41.9 Å². The quantitative estimate of drug-likeness (QED) is 0.642. The van der Waals surface area contributed by atoms with E-state index in [1.54, 1.807) is 10.9 Å². The molecule has 1 aliphatic rings. The lowest BCUT2D eigenvalue weighted by molar-refractivity contribution is 0.645. The van der Waals surface area contributed by atoms with Crippen LogP contribution in [0.3, 0.4) is 0 Å². The minimum atomic E-state index is -2.09. The number of hydrogen-bond donors (Lipinski definition) is 0. The summed E-state index contributed by atoms with van der Waals surface area (Å²) < 4.78 is 13.7. The average Bonchev–Trinajstić information content (AvgIpc) is 3.35. The summed E-state index contributed by atoms with van der Waals surface area (Å²) >= 11 is 6.73. The molecule has 0 spiro atoms. The number of aryl methyl sites for hydroxylation is 1. The lowest BCUT2D eigenvalue weighted by Gasteiger charge is -2.06. The van der Waals surface area contributed by atoms with Crippen molar-refractivity contribution in [1.29, 1.82) is 0 Å². The molecule has 0 aliphatic heterocycles. The van der Waals surface area contributed by atoms with Crippen LogP contribution < -0.4 is 0 Å². The highest BCUT2D eigenvalue weighted by molar-refractivity contribution is 7.99. The van der Waals surface area contributed by atoms with Crippen LogP contribution in [-0.4, -0.2) is 42.1 Å². The van der Waals surface area contributed by atoms with Crippen LogP contribution >= 0.6 is 11.6 Å². The number of aromatic nitrogens is 4. The lowest BCUT2D eigenvalue weighted by Crippen LogP contribution is -2.12. The van der Waals surface area contributed by atoms with Crippen LogP contribution in [-0.2, 0) is 16.1 Å². The van der Waals surface area contributed by atoms with E-state index in [-0.39, 0.29) is 0 Å². The summed E-state index contributed by atoms with van der Waals surface area (Å²) in [6, 6.07) is 9.80. The molecule has 0 bridgehead atoms. The van der Waals surface area contributed by atoms with Crippen molar-refractivity contribution < 1.29 is 4.21 Å². The number of rotatable bonds is 5. The Balaban J connectivity index is 1.86. The molecule has 1 fully saturated rings. The van der Waals surface area contributed by atoms with E-state index in [2.05, 4.69) is 16.1 Å². The predicted octanol–water partition coefficient (Wildman–Crippen LogP) is 3.37. The topological polar surface area (TPSA) is 60.7 Å². The monoisotopic (exact) mass is 374 g/mol. The number of benzene rings is 1. The molecular weight excluding hydrogens is 356 g/mol. The largest absolute Gasteiger partial charge is 0.268 e. The molecule has 4 rings (SSSR count). The molecule has 0 saturated heterocycles. The maximum absolute atomic E-state index is 11.9. The second-order valence-electron chi connectivity index (χ2n) is 6.70.